The highest BCUT2D eigenvalue weighted by Crippen LogP contribution is 2.37. The molecule has 1 saturated carbocycles. The second-order valence-corrected chi connectivity index (χ2v) is 7.09. The summed E-state index contributed by atoms with van der Waals surface area (Å²) < 4.78 is 0. The lowest BCUT2D eigenvalue weighted by molar-refractivity contribution is -0.134. The molecule has 0 aromatic heterocycles. The number of nitrogens with two attached hydrogens (primary N) is 1. The number of carbonyl (C=O) groups is 1. The minimum atomic E-state index is -0.0815. The predicted molar refractivity (Wildman–Crippen MR) is 88.8 cm³/mol. The Labute approximate surface area is 133 Å². The summed E-state index contributed by atoms with van der Waals surface area (Å²) >= 11 is 0. The van der Waals surface area contributed by atoms with Crippen molar-refractivity contribution < 1.29 is 4.79 Å². The van der Waals surface area contributed by atoms with Gasteiger partial charge in [0, 0.05) is 31.7 Å². The molecule has 2 fully saturated rings. The minimum absolute atomic E-state index is 0.0211. The van der Waals surface area contributed by atoms with Gasteiger partial charge in [-0.25, -0.2) is 0 Å². The number of hydrogen-bond donors (Lipinski definition) is 1. The summed E-state index contributed by atoms with van der Waals surface area (Å²) in [4.78, 5) is 17.1. The van der Waals surface area contributed by atoms with Crippen molar-refractivity contribution in [3.05, 3.63) is 35.4 Å². The maximum atomic E-state index is 12.8. The van der Waals surface area contributed by atoms with Crippen LogP contribution in [-0.2, 0) is 11.2 Å². The highest BCUT2D eigenvalue weighted by atomic mass is 16.2. The summed E-state index contributed by atoms with van der Waals surface area (Å²) in [5.74, 6) is 0.171. The van der Waals surface area contributed by atoms with E-state index in [0.29, 0.717) is 0 Å². The highest BCUT2D eigenvalue weighted by Gasteiger charge is 2.39. The number of likely N-dealkylation sites (N-methyl/N-ethyl adjacent to an activating group) is 1. The predicted octanol–water partition coefficient (Wildman–Crippen LogP) is 1.60. The van der Waals surface area contributed by atoms with Gasteiger partial charge in [-0.3, -0.25) is 4.79 Å². The van der Waals surface area contributed by atoms with Crippen LogP contribution >= 0.6 is 0 Å². The second kappa shape index (κ2) is 6.01. The van der Waals surface area contributed by atoms with Crippen molar-refractivity contribution in [1.82, 2.24) is 9.80 Å². The zero-order valence-corrected chi connectivity index (χ0v) is 13.7. The number of hydrogen-bond acceptors (Lipinski definition) is 3. The van der Waals surface area contributed by atoms with Crippen molar-refractivity contribution in [2.75, 3.05) is 33.2 Å². The standard InChI is InChI=1S/C18H27N3O/c1-14(17(22)21-11-9-20(2)10-12-21)16-6-4-3-5-15(16)13-18(19)7-8-18/h3-6,14H,7-13,19H2,1-2H3. The summed E-state index contributed by atoms with van der Waals surface area (Å²) in [6.07, 6.45) is 3.09. The third kappa shape index (κ3) is 3.33. The molecule has 1 atom stereocenters. The minimum Gasteiger partial charge on any atom is -0.340 e. The largest absolute Gasteiger partial charge is 0.340 e. The molecule has 22 heavy (non-hydrogen) atoms. The summed E-state index contributed by atoms with van der Waals surface area (Å²) in [6.45, 7) is 5.64. The zero-order chi connectivity index (χ0) is 15.7. The number of nitrogens with zero attached hydrogens (tertiary/aromatic N) is 2. The van der Waals surface area contributed by atoms with Crippen LogP contribution in [0, 0.1) is 0 Å². The monoisotopic (exact) mass is 301 g/mol. The molecule has 0 radical (unpaired) electrons. The molecule has 0 spiro atoms. The van der Waals surface area contributed by atoms with Gasteiger partial charge < -0.3 is 15.5 Å². The van der Waals surface area contributed by atoms with Crippen LogP contribution in [-0.4, -0.2) is 54.5 Å². The molecule has 4 heteroatoms. The molecular weight excluding hydrogens is 274 g/mol. The lowest BCUT2D eigenvalue weighted by Gasteiger charge is -2.34. The normalized spacial score (nSPS) is 22.4. The van der Waals surface area contributed by atoms with E-state index < -0.39 is 0 Å². The molecule has 2 aliphatic rings. The fourth-order valence-corrected chi connectivity index (χ4v) is 3.27. The molecule has 1 heterocycles. The van der Waals surface area contributed by atoms with E-state index in [9.17, 15) is 4.79 Å². The molecule has 1 aliphatic heterocycles. The topological polar surface area (TPSA) is 49.6 Å². The Bertz CT molecular complexity index is 545. The highest BCUT2D eigenvalue weighted by molar-refractivity contribution is 5.84. The van der Waals surface area contributed by atoms with Gasteiger partial charge in [-0.1, -0.05) is 24.3 Å². The molecule has 1 unspecified atom stereocenters. The number of benzene rings is 1. The van der Waals surface area contributed by atoms with Gasteiger partial charge in [0.05, 0.1) is 5.92 Å². The number of amides is 1. The Morgan fingerprint density at radius 3 is 2.50 bits per heavy atom. The SMILES string of the molecule is CC(C(=O)N1CCN(C)CC1)c1ccccc1CC1(N)CC1. The molecular formula is C18H27N3O. The van der Waals surface area contributed by atoms with Crippen LogP contribution in [0.25, 0.3) is 0 Å². The van der Waals surface area contributed by atoms with Crippen LogP contribution in [0.4, 0.5) is 0 Å². The van der Waals surface area contributed by atoms with Crippen LogP contribution in [0.3, 0.4) is 0 Å². The molecule has 1 aromatic carbocycles. The van der Waals surface area contributed by atoms with Crippen LogP contribution < -0.4 is 5.73 Å². The Kier molecular flexibility index (Phi) is 4.24. The summed E-state index contributed by atoms with van der Waals surface area (Å²) in [7, 11) is 2.11. The van der Waals surface area contributed by atoms with E-state index in [4.69, 9.17) is 5.73 Å². The molecule has 1 aromatic rings. The quantitative estimate of drug-likeness (QED) is 0.919. The van der Waals surface area contributed by atoms with Gasteiger partial charge >= 0.3 is 0 Å². The Morgan fingerprint density at radius 1 is 1.23 bits per heavy atom. The summed E-state index contributed by atoms with van der Waals surface area (Å²) in [6, 6.07) is 8.32. The average molecular weight is 301 g/mol. The Morgan fingerprint density at radius 2 is 1.86 bits per heavy atom. The van der Waals surface area contributed by atoms with Crippen molar-refractivity contribution >= 4 is 5.91 Å². The average Bonchev–Trinajstić information content (AvgIpc) is 3.24. The molecule has 0 bridgehead atoms. The van der Waals surface area contributed by atoms with E-state index in [0.717, 1.165) is 51.0 Å². The lowest BCUT2D eigenvalue weighted by atomic mass is 9.90. The van der Waals surface area contributed by atoms with Crippen LogP contribution in [0.15, 0.2) is 24.3 Å². The summed E-state index contributed by atoms with van der Waals surface area (Å²) in [5.41, 5.74) is 8.66. The van der Waals surface area contributed by atoms with Crippen molar-refractivity contribution in [2.24, 2.45) is 5.73 Å². The molecule has 3 rings (SSSR count). The maximum Gasteiger partial charge on any atom is 0.229 e. The van der Waals surface area contributed by atoms with Gasteiger partial charge in [-0.2, -0.15) is 0 Å². The first kappa shape index (κ1) is 15.5. The summed E-state index contributed by atoms with van der Waals surface area (Å²) in [5, 5.41) is 0. The molecule has 4 nitrogen and oxygen atoms in total. The Balaban J connectivity index is 1.74. The van der Waals surface area contributed by atoms with E-state index in [2.05, 4.69) is 30.1 Å². The third-order valence-electron chi connectivity index (χ3n) is 5.14. The smallest absolute Gasteiger partial charge is 0.229 e. The van der Waals surface area contributed by atoms with Gasteiger partial charge in [0.1, 0.15) is 0 Å². The van der Waals surface area contributed by atoms with Crippen LogP contribution in [0.5, 0.6) is 0 Å². The molecule has 1 amide bonds. The fraction of sp³-hybridized carbons (Fsp3) is 0.611. The zero-order valence-electron chi connectivity index (χ0n) is 13.7. The molecule has 120 valence electrons. The van der Waals surface area contributed by atoms with Crippen molar-refractivity contribution in [1.29, 1.82) is 0 Å². The van der Waals surface area contributed by atoms with E-state index in [1.807, 2.05) is 17.9 Å². The number of piperazine rings is 1. The maximum absolute atomic E-state index is 12.8. The third-order valence-corrected chi connectivity index (χ3v) is 5.14. The fourth-order valence-electron chi connectivity index (χ4n) is 3.27. The van der Waals surface area contributed by atoms with Crippen LogP contribution in [0.1, 0.15) is 36.8 Å². The number of rotatable bonds is 4. The molecule has 1 aliphatic carbocycles. The van der Waals surface area contributed by atoms with Crippen LogP contribution in [0.2, 0.25) is 0 Å². The first-order valence-electron chi connectivity index (χ1n) is 8.32. The van der Waals surface area contributed by atoms with Gasteiger partial charge in [0.25, 0.3) is 0 Å². The van der Waals surface area contributed by atoms with Gasteiger partial charge in [0.15, 0.2) is 0 Å². The second-order valence-electron chi connectivity index (χ2n) is 7.09. The molecule has 1 saturated heterocycles. The first-order valence-corrected chi connectivity index (χ1v) is 8.32. The van der Waals surface area contributed by atoms with Gasteiger partial charge in [0.2, 0.25) is 5.91 Å². The first-order chi connectivity index (χ1) is 10.5. The van der Waals surface area contributed by atoms with E-state index in [-0.39, 0.29) is 17.4 Å². The van der Waals surface area contributed by atoms with Gasteiger partial charge in [-0.15, -0.1) is 0 Å². The Hall–Kier alpha value is -1.39. The van der Waals surface area contributed by atoms with Crippen molar-refractivity contribution in [3.63, 3.8) is 0 Å². The molecule has 2 N–H and O–H groups in total. The van der Waals surface area contributed by atoms with E-state index >= 15 is 0 Å². The van der Waals surface area contributed by atoms with E-state index in [1.165, 1.54) is 5.56 Å². The lowest BCUT2D eigenvalue weighted by Crippen LogP contribution is -2.48. The number of carbonyl (C=O) groups excluding carboxylic acids is 1. The van der Waals surface area contributed by atoms with E-state index in [1.54, 1.807) is 0 Å². The van der Waals surface area contributed by atoms with Gasteiger partial charge in [-0.05, 0) is 44.4 Å². The van der Waals surface area contributed by atoms with Crippen molar-refractivity contribution in [2.45, 2.75) is 37.6 Å². The van der Waals surface area contributed by atoms with Crippen molar-refractivity contribution in [3.8, 4) is 0 Å².